The highest BCUT2D eigenvalue weighted by Gasteiger charge is 2.54. The zero-order valence-corrected chi connectivity index (χ0v) is 22.0. The first kappa shape index (κ1) is 27.8. The molecule has 0 atom stereocenters. The number of amides is 3. The van der Waals surface area contributed by atoms with Gasteiger partial charge in [0, 0.05) is 57.2 Å². The van der Waals surface area contributed by atoms with Crippen LogP contribution in [0.2, 0.25) is 0 Å². The van der Waals surface area contributed by atoms with Crippen LogP contribution < -0.4 is 10.2 Å². The summed E-state index contributed by atoms with van der Waals surface area (Å²) in [6.45, 7) is 2.06. The maximum absolute atomic E-state index is 13.8. The molecule has 0 aromatic heterocycles. The topological polar surface area (TPSA) is 125 Å². The summed E-state index contributed by atoms with van der Waals surface area (Å²) >= 11 is 0. The van der Waals surface area contributed by atoms with E-state index < -0.39 is 10.5 Å². The first-order valence-electron chi connectivity index (χ1n) is 12.9. The number of rotatable bonds is 10. The molecule has 11 heteroatoms. The molecule has 0 unspecified atom stereocenters. The van der Waals surface area contributed by atoms with Crippen molar-refractivity contribution in [3.05, 3.63) is 76.4 Å². The molecule has 0 saturated carbocycles. The van der Waals surface area contributed by atoms with Crippen molar-refractivity contribution in [2.45, 2.75) is 24.8 Å². The van der Waals surface area contributed by atoms with Crippen LogP contribution in [0.5, 0.6) is 0 Å². The molecule has 0 bridgehead atoms. The standard InChI is InChI=1S/C28H33N5O6/c1-39-19-5-16-29-25(34)20-31-21-32(23-6-3-2-4-7-23)28(27(31)36)14-17-30(18-15-28)26(35)13-10-22-8-11-24(12-9-22)33(37)38/h2-4,6-13H,5,14-21H2,1H3,(H,29,34). The second kappa shape index (κ2) is 12.5. The number of nitrogens with one attached hydrogen (secondary N) is 1. The smallest absolute Gasteiger partial charge is 0.269 e. The summed E-state index contributed by atoms with van der Waals surface area (Å²) < 4.78 is 5.01. The van der Waals surface area contributed by atoms with Crippen molar-refractivity contribution in [1.82, 2.24) is 15.1 Å². The third-order valence-corrected chi connectivity index (χ3v) is 7.19. The largest absolute Gasteiger partial charge is 0.385 e. The number of nitro benzene ring substituents is 1. The Balaban J connectivity index is 1.42. The van der Waals surface area contributed by atoms with E-state index in [0.717, 1.165) is 5.69 Å². The molecule has 39 heavy (non-hydrogen) atoms. The number of nitrogens with zero attached hydrogens (tertiary/aromatic N) is 4. The Morgan fingerprint density at radius 2 is 1.79 bits per heavy atom. The van der Waals surface area contributed by atoms with Crippen LogP contribution in [-0.2, 0) is 19.1 Å². The number of carbonyl (C=O) groups is 3. The number of anilines is 1. The third-order valence-electron chi connectivity index (χ3n) is 7.19. The van der Waals surface area contributed by atoms with Gasteiger partial charge < -0.3 is 24.8 Å². The van der Waals surface area contributed by atoms with Crippen LogP contribution in [0, 0.1) is 10.1 Å². The second-order valence-corrected chi connectivity index (χ2v) is 9.64. The highest BCUT2D eigenvalue weighted by Crippen LogP contribution is 2.39. The zero-order valence-electron chi connectivity index (χ0n) is 22.0. The van der Waals surface area contributed by atoms with Crippen LogP contribution in [0.25, 0.3) is 6.08 Å². The van der Waals surface area contributed by atoms with Crippen molar-refractivity contribution >= 4 is 35.2 Å². The Bertz CT molecular complexity index is 1210. The highest BCUT2D eigenvalue weighted by molar-refractivity contribution is 5.97. The van der Waals surface area contributed by atoms with Crippen LogP contribution in [0.4, 0.5) is 11.4 Å². The van der Waals surface area contributed by atoms with E-state index in [1.54, 1.807) is 35.1 Å². The summed E-state index contributed by atoms with van der Waals surface area (Å²) in [5.74, 6) is -0.507. The van der Waals surface area contributed by atoms with E-state index in [2.05, 4.69) is 10.2 Å². The first-order chi connectivity index (χ1) is 18.8. The SMILES string of the molecule is COCCCNC(=O)CN1CN(c2ccccc2)C2(CCN(C(=O)C=Cc3ccc([N+](=O)[O-])cc3)CC2)C1=O. The average molecular weight is 536 g/mol. The van der Waals surface area contributed by atoms with Gasteiger partial charge in [0.25, 0.3) is 11.6 Å². The summed E-state index contributed by atoms with van der Waals surface area (Å²) in [4.78, 5) is 54.9. The number of likely N-dealkylation sites (tertiary alicyclic amines) is 1. The van der Waals surface area contributed by atoms with E-state index >= 15 is 0 Å². The minimum atomic E-state index is -0.837. The fourth-order valence-electron chi connectivity index (χ4n) is 5.07. The van der Waals surface area contributed by atoms with Gasteiger partial charge in [-0.25, -0.2) is 0 Å². The van der Waals surface area contributed by atoms with Gasteiger partial charge in [-0.2, -0.15) is 0 Å². The van der Waals surface area contributed by atoms with Gasteiger partial charge in [-0.1, -0.05) is 18.2 Å². The van der Waals surface area contributed by atoms with Gasteiger partial charge in [-0.15, -0.1) is 0 Å². The maximum Gasteiger partial charge on any atom is 0.269 e. The van der Waals surface area contributed by atoms with Crippen LogP contribution in [0.15, 0.2) is 60.7 Å². The molecule has 2 aromatic carbocycles. The van der Waals surface area contributed by atoms with E-state index in [1.165, 1.54) is 18.2 Å². The monoisotopic (exact) mass is 535 g/mol. The Kier molecular flexibility index (Phi) is 8.92. The van der Waals surface area contributed by atoms with E-state index in [4.69, 9.17) is 4.74 Å². The molecule has 2 aliphatic rings. The fraction of sp³-hybridized carbons (Fsp3) is 0.393. The molecule has 2 aliphatic heterocycles. The molecule has 0 radical (unpaired) electrons. The Morgan fingerprint density at radius 1 is 1.10 bits per heavy atom. The molecular weight excluding hydrogens is 502 g/mol. The average Bonchev–Trinajstić information content (AvgIpc) is 3.21. The molecule has 1 N–H and O–H groups in total. The molecule has 0 aliphatic carbocycles. The highest BCUT2D eigenvalue weighted by atomic mass is 16.6. The molecule has 1 spiro atoms. The van der Waals surface area contributed by atoms with Crippen molar-refractivity contribution < 1.29 is 24.0 Å². The van der Waals surface area contributed by atoms with E-state index in [1.807, 2.05) is 30.3 Å². The van der Waals surface area contributed by atoms with E-state index in [-0.39, 0.29) is 30.0 Å². The van der Waals surface area contributed by atoms with Gasteiger partial charge in [-0.05, 0) is 55.2 Å². The Hall–Kier alpha value is -4.25. The van der Waals surface area contributed by atoms with Gasteiger partial charge in [0.15, 0.2) is 0 Å². The molecule has 206 valence electrons. The quantitative estimate of drug-likeness (QED) is 0.214. The lowest BCUT2D eigenvalue weighted by Crippen LogP contribution is -2.57. The molecule has 2 heterocycles. The predicted molar refractivity (Wildman–Crippen MR) is 146 cm³/mol. The Morgan fingerprint density at radius 3 is 2.44 bits per heavy atom. The summed E-state index contributed by atoms with van der Waals surface area (Å²) in [7, 11) is 1.61. The van der Waals surface area contributed by atoms with E-state index in [9.17, 15) is 24.5 Å². The lowest BCUT2D eigenvalue weighted by molar-refractivity contribution is -0.384. The number of nitro groups is 1. The summed E-state index contributed by atoms with van der Waals surface area (Å²) in [6, 6.07) is 15.6. The maximum atomic E-state index is 13.8. The molecule has 2 aromatic rings. The van der Waals surface area contributed by atoms with Crippen LogP contribution in [-0.4, -0.2) is 84.5 Å². The number of non-ortho nitro benzene ring substituents is 1. The van der Waals surface area contributed by atoms with Crippen LogP contribution >= 0.6 is 0 Å². The third kappa shape index (κ3) is 6.43. The predicted octanol–water partition coefficient (Wildman–Crippen LogP) is 2.43. The minimum absolute atomic E-state index is 0.0124. The summed E-state index contributed by atoms with van der Waals surface area (Å²) in [5, 5.41) is 13.7. The number of hydrogen-bond donors (Lipinski definition) is 1. The van der Waals surface area contributed by atoms with Gasteiger partial charge in [0.2, 0.25) is 11.8 Å². The van der Waals surface area contributed by atoms with Crippen molar-refractivity contribution in [3.63, 3.8) is 0 Å². The summed E-state index contributed by atoms with van der Waals surface area (Å²) in [6.07, 6.45) is 4.64. The number of hydrogen-bond acceptors (Lipinski definition) is 7. The number of carbonyl (C=O) groups excluding carboxylic acids is 3. The fourth-order valence-corrected chi connectivity index (χ4v) is 5.07. The second-order valence-electron chi connectivity index (χ2n) is 9.64. The molecule has 4 rings (SSSR count). The van der Waals surface area contributed by atoms with Gasteiger partial charge in [0.05, 0.1) is 11.6 Å². The molecule has 2 saturated heterocycles. The van der Waals surface area contributed by atoms with Gasteiger partial charge in [-0.3, -0.25) is 24.5 Å². The zero-order chi connectivity index (χ0) is 27.8. The number of piperidine rings is 1. The van der Waals surface area contributed by atoms with Crippen LogP contribution in [0.3, 0.4) is 0 Å². The Labute approximate surface area is 227 Å². The van der Waals surface area contributed by atoms with Gasteiger partial charge >= 0.3 is 0 Å². The van der Waals surface area contributed by atoms with Crippen molar-refractivity contribution in [3.8, 4) is 0 Å². The minimum Gasteiger partial charge on any atom is -0.385 e. The first-order valence-corrected chi connectivity index (χ1v) is 12.9. The number of ether oxygens (including phenoxy) is 1. The van der Waals surface area contributed by atoms with Crippen LogP contribution in [0.1, 0.15) is 24.8 Å². The lowest BCUT2D eigenvalue weighted by Gasteiger charge is -2.43. The molecular formula is C28H33N5O6. The van der Waals surface area contributed by atoms with E-state index in [0.29, 0.717) is 57.7 Å². The molecule has 11 nitrogen and oxygen atoms in total. The molecule has 3 amide bonds. The van der Waals surface area contributed by atoms with Crippen molar-refractivity contribution in [2.24, 2.45) is 0 Å². The van der Waals surface area contributed by atoms with Crippen molar-refractivity contribution in [2.75, 3.05) is 51.5 Å². The number of benzene rings is 2. The number of methoxy groups -OCH3 is 1. The summed E-state index contributed by atoms with van der Waals surface area (Å²) in [5.41, 5.74) is 0.726. The van der Waals surface area contributed by atoms with Gasteiger partial charge in [0.1, 0.15) is 12.1 Å². The molecule has 2 fully saturated rings. The van der Waals surface area contributed by atoms with Crippen molar-refractivity contribution in [1.29, 1.82) is 0 Å². The normalized spacial score (nSPS) is 16.7. The lowest BCUT2D eigenvalue weighted by atomic mass is 9.85. The number of para-hydroxylation sites is 1.